The minimum absolute atomic E-state index is 0.0902. The summed E-state index contributed by atoms with van der Waals surface area (Å²) in [6, 6.07) is 6.32. The van der Waals surface area contributed by atoms with Crippen LogP contribution in [-0.2, 0) is 23.2 Å². The molecule has 114 valence electrons. The lowest BCUT2D eigenvalue weighted by molar-refractivity contribution is 0.271. The standard InChI is InChI=1S/C13H14BrClN2O3S/c1-2-17-7-11(6-10(17)8-18)21(19,20)16-13-4-3-9(14)5-12(13)15/h3-7,16,18H,2,8H2,1H3. The molecule has 0 bridgehead atoms. The zero-order valence-electron chi connectivity index (χ0n) is 11.2. The third kappa shape index (κ3) is 3.60. The van der Waals surface area contributed by atoms with Crippen LogP contribution in [0.1, 0.15) is 12.6 Å². The van der Waals surface area contributed by atoms with Crippen LogP contribution in [0, 0.1) is 0 Å². The van der Waals surface area contributed by atoms with Crippen molar-refractivity contribution in [2.75, 3.05) is 4.72 Å². The van der Waals surface area contributed by atoms with Crippen molar-refractivity contribution in [3.8, 4) is 0 Å². The highest BCUT2D eigenvalue weighted by Crippen LogP contribution is 2.28. The second-order valence-electron chi connectivity index (χ2n) is 4.34. The van der Waals surface area contributed by atoms with E-state index in [1.807, 2.05) is 6.92 Å². The van der Waals surface area contributed by atoms with Gasteiger partial charge < -0.3 is 9.67 Å². The van der Waals surface area contributed by atoms with E-state index in [9.17, 15) is 13.5 Å². The Kier molecular flexibility index (Phi) is 4.98. The van der Waals surface area contributed by atoms with Crippen LogP contribution in [0.15, 0.2) is 39.8 Å². The first-order valence-corrected chi connectivity index (χ1v) is 8.80. The van der Waals surface area contributed by atoms with Gasteiger partial charge >= 0.3 is 0 Å². The van der Waals surface area contributed by atoms with E-state index in [-0.39, 0.29) is 11.5 Å². The summed E-state index contributed by atoms with van der Waals surface area (Å²) in [6.07, 6.45) is 1.49. The predicted octanol–water partition coefficient (Wildman–Crippen LogP) is 3.22. The first kappa shape index (κ1) is 16.4. The van der Waals surface area contributed by atoms with Crippen molar-refractivity contribution < 1.29 is 13.5 Å². The number of halogens is 2. The number of hydrogen-bond donors (Lipinski definition) is 2. The lowest BCUT2D eigenvalue weighted by atomic mass is 10.3. The van der Waals surface area contributed by atoms with Crippen molar-refractivity contribution in [1.82, 2.24) is 4.57 Å². The number of nitrogens with one attached hydrogen (secondary N) is 1. The summed E-state index contributed by atoms with van der Waals surface area (Å²) >= 11 is 9.27. The van der Waals surface area contributed by atoms with Gasteiger partial charge in [0.15, 0.2) is 0 Å². The van der Waals surface area contributed by atoms with Gasteiger partial charge in [0, 0.05) is 22.9 Å². The van der Waals surface area contributed by atoms with Crippen LogP contribution < -0.4 is 4.72 Å². The SMILES string of the molecule is CCn1cc(S(=O)(=O)Nc2ccc(Br)cc2Cl)cc1CO. The highest BCUT2D eigenvalue weighted by atomic mass is 79.9. The van der Waals surface area contributed by atoms with Crippen molar-refractivity contribution >= 4 is 43.2 Å². The molecule has 1 aromatic carbocycles. The minimum atomic E-state index is -3.75. The molecule has 2 aromatic rings. The van der Waals surface area contributed by atoms with Gasteiger partial charge in [-0.2, -0.15) is 0 Å². The molecular weight excluding hydrogens is 380 g/mol. The summed E-state index contributed by atoms with van der Waals surface area (Å²) < 4.78 is 29.6. The summed E-state index contributed by atoms with van der Waals surface area (Å²) in [5.41, 5.74) is 0.842. The molecule has 0 aliphatic heterocycles. The maximum Gasteiger partial charge on any atom is 0.263 e. The average molecular weight is 394 g/mol. The number of benzene rings is 1. The maximum absolute atomic E-state index is 12.4. The first-order chi connectivity index (χ1) is 9.87. The smallest absolute Gasteiger partial charge is 0.263 e. The molecule has 0 fully saturated rings. The monoisotopic (exact) mass is 392 g/mol. The van der Waals surface area contributed by atoms with Crippen molar-refractivity contribution in [3.63, 3.8) is 0 Å². The van der Waals surface area contributed by atoms with Crippen LogP contribution in [0.5, 0.6) is 0 Å². The van der Waals surface area contributed by atoms with Gasteiger partial charge in [0.05, 0.1) is 17.3 Å². The summed E-state index contributed by atoms with van der Waals surface area (Å²) in [5, 5.41) is 9.53. The van der Waals surface area contributed by atoms with E-state index in [0.29, 0.717) is 22.9 Å². The quantitative estimate of drug-likeness (QED) is 0.819. The topological polar surface area (TPSA) is 71.3 Å². The number of aromatic nitrogens is 1. The number of anilines is 1. The second kappa shape index (κ2) is 6.39. The lowest BCUT2D eigenvalue weighted by Gasteiger charge is -2.08. The molecular formula is C13H14BrClN2O3S. The maximum atomic E-state index is 12.4. The number of hydrogen-bond acceptors (Lipinski definition) is 3. The van der Waals surface area contributed by atoms with Crippen LogP contribution in [-0.4, -0.2) is 18.1 Å². The first-order valence-electron chi connectivity index (χ1n) is 6.15. The van der Waals surface area contributed by atoms with Gasteiger partial charge in [-0.3, -0.25) is 4.72 Å². The number of aliphatic hydroxyl groups is 1. The summed E-state index contributed by atoms with van der Waals surface area (Å²) in [5.74, 6) is 0. The number of rotatable bonds is 5. The van der Waals surface area contributed by atoms with E-state index in [1.165, 1.54) is 12.3 Å². The molecule has 8 heteroatoms. The van der Waals surface area contributed by atoms with Gasteiger partial charge in [-0.25, -0.2) is 8.42 Å². The molecule has 1 heterocycles. The predicted molar refractivity (Wildman–Crippen MR) is 86.0 cm³/mol. The molecule has 2 N–H and O–H groups in total. The zero-order chi connectivity index (χ0) is 15.6. The molecule has 0 amide bonds. The number of nitrogens with zero attached hydrogens (tertiary/aromatic N) is 1. The Labute approximate surface area is 136 Å². The second-order valence-corrected chi connectivity index (χ2v) is 7.35. The fourth-order valence-electron chi connectivity index (χ4n) is 1.87. The Morgan fingerprint density at radius 1 is 1.38 bits per heavy atom. The molecule has 0 spiro atoms. The van der Waals surface area contributed by atoms with Crippen molar-refractivity contribution in [2.45, 2.75) is 25.0 Å². The Morgan fingerprint density at radius 2 is 2.10 bits per heavy atom. The van der Waals surface area contributed by atoms with Crippen LogP contribution in [0.4, 0.5) is 5.69 Å². The van der Waals surface area contributed by atoms with E-state index in [4.69, 9.17) is 11.6 Å². The largest absolute Gasteiger partial charge is 0.390 e. The molecule has 0 saturated carbocycles. The Balaban J connectivity index is 2.36. The Morgan fingerprint density at radius 3 is 2.62 bits per heavy atom. The van der Waals surface area contributed by atoms with E-state index in [0.717, 1.165) is 4.47 Å². The number of aliphatic hydroxyl groups excluding tert-OH is 1. The normalized spacial score (nSPS) is 11.6. The van der Waals surface area contributed by atoms with Crippen molar-refractivity contribution in [2.24, 2.45) is 0 Å². The van der Waals surface area contributed by atoms with Crippen LogP contribution in [0.2, 0.25) is 5.02 Å². The highest BCUT2D eigenvalue weighted by molar-refractivity contribution is 9.10. The molecule has 0 radical (unpaired) electrons. The highest BCUT2D eigenvalue weighted by Gasteiger charge is 2.19. The number of sulfonamides is 1. The third-order valence-electron chi connectivity index (χ3n) is 2.95. The van der Waals surface area contributed by atoms with E-state index in [1.54, 1.807) is 22.8 Å². The molecule has 0 atom stereocenters. The Hall–Kier alpha value is -1.02. The molecule has 0 aliphatic rings. The summed E-state index contributed by atoms with van der Waals surface area (Å²) in [6.45, 7) is 2.22. The van der Waals surface area contributed by atoms with Gasteiger partial charge in [0.25, 0.3) is 10.0 Å². The van der Waals surface area contributed by atoms with Gasteiger partial charge in [0.1, 0.15) is 4.90 Å². The fraction of sp³-hybridized carbons (Fsp3) is 0.231. The molecule has 21 heavy (non-hydrogen) atoms. The zero-order valence-corrected chi connectivity index (χ0v) is 14.3. The molecule has 0 unspecified atom stereocenters. The average Bonchev–Trinajstić information content (AvgIpc) is 2.86. The van der Waals surface area contributed by atoms with Gasteiger partial charge in [0.2, 0.25) is 0 Å². The van der Waals surface area contributed by atoms with Crippen molar-refractivity contribution in [1.29, 1.82) is 0 Å². The van der Waals surface area contributed by atoms with Crippen molar-refractivity contribution in [3.05, 3.63) is 45.7 Å². The Bertz CT molecular complexity index is 737. The van der Waals surface area contributed by atoms with E-state index < -0.39 is 10.0 Å². The van der Waals surface area contributed by atoms with Crippen LogP contribution in [0.3, 0.4) is 0 Å². The molecule has 5 nitrogen and oxygen atoms in total. The van der Waals surface area contributed by atoms with Crippen LogP contribution in [0.25, 0.3) is 0 Å². The molecule has 2 rings (SSSR count). The molecule has 0 saturated heterocycles. The van der Waals surface area contributed by atoms with Crippen LogP contribution >= 0.6 is 27.5 Å². The van der Waals surface area contributed by atoms with Gasteiger partial charge in [-0.05, 0) is 31.2 Å². The lowest BCUT2D eigenvalue weighted by Crippen LogP contribution is -2.12. The molecule has 0 aliphatic carbocycles. The van der Waals surface area contributed by atoms with Gasteiger partial charge in [-0.15, -0.1) is 0 Å². The van der Waals surface area contributed by atoms with E-state index in [2.05, 4.69) is 20.7 Å². The third-order valence-corrected chi connectivity index (χ3v) is 5.09. The fourth-order valence-corrected chi connectivity index (χ4v) is 3.79. The van der Waals surface area contributed by atoms with E-state index >= 15 is 0 Å². The molecule has 1 aromatic heterocycles. The number of aryl methyl sites for hydroxylation is 1. The minimum Gasteiger partial charge on any atom is -0.390 e. The van der Waals surface area contributed by atoms with Gasteiger partial charge in [-0.1, -0.05) is 27.5 Å². The summed E-state index contributed by atoms with van der Waals surface area (Å²) in [4.78, 5) is 0.0902. The summed E-state index contributed by atoms with van der Waals surface area (Å²) in [7, 11) is -3.75.